The molecule has 0 aliphatic rings. The highest BCUT2D eigenvalue weighted by molar-refractivity contribution is 6.30. The van der Waals surface area contributed by atoms with Gasteiger partial charge in [0.15, 0.2) is 0 Å². The maximum Gasteiger partial charge on any atom is 0.236 e. The molecule has 2 atom stereocenters. The molecule has 0 radical (unpaired) electrons. The first-order chi connectivity index (χ1) is 9.93. The summed E-state index contributed by atoms with van der Waals surface area (Å²) in [6.07, 6.45) is 2.05. The summed E-state index contributed by atoms with van der Waals surface area (Å²) in [7, 11) is 0. The SMILES string of the molecule is CCCC(NC(C)C(=O)NCC(C)C)c1ccc(Cl)cc1. The van der Waals surface area contributed by atoms with Crippen LogP contribution in [0.2, 0.25) is 5.02 Å². The Balaban J connectivity index is 2.65. The molecule has 0 saturated carbocycles. The molecule has 0 aromatic heterocycles. The predicted molar refractivity (Wildman–Crippen MR) is 89.5 cm³/mol. The van der Waals surface area contributed by atoms with Gasteiger partial charge in [-0.3, -0.25) is 10.1 Å². The number of hydrogen-bond acceptors (Lipinski definition) is 2. The molecule has 2 unspecified atom stereocenters. The monoisotopic (exact) mass is 310 g/mol. The van der Waals surface area contributed by atoms with Gasteiger partial charge in [-0.2, -0.15) is 0 Å². The average molecular weight is 311 g/mol. The van der Waals surface area contributed by atoms with E-state index in [4.69, 9.17) is 11.6 Å². The zero-order valence-electron chi connectivity index (χ0n) is 13.4. The highest BCUT2D eigenvalue weighted by atomic mass is 35.5. The Morgan fingerprint density at radius 1 is 1.19 bits per heavy atom. The summed E-state index contributed by atoms with van der Waals surface area (Å²) in [5, 5.41) is 7.12. The third-order valence-corrected chi connectivity index (χ3v) is 3.63. The van der Waals surface area contributed by atoms with Crippen LogP contribution in [0.3, 0.4) is 0 Å². The van der Waals surface area contributed by atoms with Crippen molar-refractivity contribution in [2.45, 2.75) is 52.6 Å². The van der Waals surface area contributed by atoms with Crippen LogP contribution in [0.15, 0.2) is 24.3 Å². The van der Waals surface area contributed by atoms with Gasteiger partial charge in [-0.15, -0.1) is 0 Å². The average Bonchev–Trinajstić information content (AvgIpc) is 2.45. The minimum absolute atomic E-state index is 0.0544. The van der Waals surface area contributed by atoms with Crippen LogP contribution in [0.1, 0.15) is 52.1 Å². The Kier molecular flexibility index (Phi) is 7.76. The van der Waals surface area contributed by atoms with Gasteiger partial charge >= 0.3 is 0 Å². The van der Waals surface area contributed by atoms with Crippen molar-refractivity contribution in [1.82, 2.24) is 10.6 Å². The van der Waals surface area contributed by atoms with Crippen LogP contribution in [-0.4, -0.2) is 18.5 Å². The second-order valence-corrected chi connectivity index (χ2v) is 6.36. The lowest BCUT2D eigenvalue weighted by Crippen LogP contribution is -2.44. The highest BCUT2D eigenvalue weighted by Gasteiger charge is 2.18. The van der Waals surface area contributed by atoms with Crippen molar-refractivity contribution in [2.24, 2.45) is 5.92 Å². The van der Waals surface area contributed by atoms with Gasteiger partial charge in [-0.25, -0.2) is 0 Å². The van der Waals surface area contributed by atoms with Gasteiger partial charge in [0.2, 0.25) is 5.91 Å². The van der Waals surface area contributed by atoms with Gasteiger partial charge in [0.25, 0.3) is 0 Å². The number of rotatable bonds is 8. The normalized spacial score (nSPS) is 14.0. The minimum atomic E-state index is -0.212. The fourth-order valence-corrected chi connectivity index (χ4v) is 2.29. The molecular formula is C17H27ClN2O. The molecule has 0 heterocycles. The first-order valence-electron chi connectivity index (χ1n) is 7.73. The number of halogens is 1. The van der Waals surface area contributed by atoms with Crippen LogP contribution in [-0.2, 0) is 4.79 Å². The van der Waals surface area contributed by atoms with Crippen LogP contribution in [0.4, 0.5) is 0 Å². The molecule has 3 nitrogen and oxygen atoms in total. The summed E-state index contributed by atoms with van der Waals surface area (Å²) >= 11 is 5.94. The van der Waals surface area contributed by atoms with E-state index in [9.17, 15) is 4.79 Å². The molecule has 0 spiro atoms. The van der Waals surface area contributed by atoms with Gasteiger partial charge in [0, 0.05) is 17.6 Å². The van der Waals surface area contributed by atoms with E-state index in [1.165, 1.54) is 5.56 Å². The summed E-state index contributed by atoms with van der Waals surface area (Å²) in [6, 6.07) is 7.79. The van der Waals surface area contributed by atoms with E-state index >= 15 is 0 Å². The van der Waals surface area contributed by atoms with E-state index in [1.54, 1.807) is 0 Å². The summed E-state index contributed by atoms with van der Waals surface area (Å²) in [4.78, 5) is 12.1. The van der Waals surface area contributed by atoms with Crippen molar-refractivity contribution in [1.29, 1.82) is 0 Å². The highest BCUT2D eigenvalue weighted by Crippen LogP contribution is 2.21. The van der Waals surface area contributed by atoms with Gasteiger partial charge < -0.3 is 5.32 Å². The van der Waals surface area contributed by atoms with E-state index in [-0.39, 0.29) is 18.0 Å². The standard InChI is InChI=1S/C17H27ClN2O/c1-5-6-16(14-7-9-15(18)10-8-14)20-13(4)17(21)19-11-12(2)3/h7-10,12-13,16,20H,5-6,11H2,1-4H3,(H,19,21). The van der Waals surface area contributed by atoms with Crippen molar-refractivity contribution in [2.75, 3.05) is 6.54 Å². The molecule has 0 aliphatic carbocycles. The Hall–Kier alpha value is -1.06. The van der Waals surface area contributed by atoms with E-state index in [0.717, 1.165) is 17.9 Å². The van der Waals surface area contributed by atoms with E-state index < -0.39 is 0 Å². The summed E-state index contributed by atoms with van der Waals surface area (Å²) < 4.78 is 0. The lowest BCUT2D eigenvalue weighted by Gasteiger charge is -2.23. The first kappa shape index (κ1) is 18.0. The van der Waals surface area contributed by atoms with Crippen molar-refractivity contribution in [3.8, 4) is 0 Å². The Morgan fingerprint density at radius 3 is 2.33 bits per heavy atom. The fraction of sp³-hybridized carbons (Fsp3) is 0.588. The summed E-state index contributed by atoms with van der Waals surface area (Å²) in [6.45, 7) is 8.95. The number of amides is 1. The zero-order chi connectivity index (χ0) is 15.8. The van der Waals surface area contributed by atoms with Crippen molar-refractivity contribution in [3.05, 3.63) is 34.9 Å². The second kappa shape index (κ2) is 9.06. The Labute approximate surface area is 133 Å². The van der Waals surface area contributed by atoms with Gasteiger partial charge in [-0.1, -0.05) is 50.9 Å². The second-order valence-electron chi connectivity index (χ2n) is 5.92. The number of carbonyl (C=O) groups excluding carboxylic acids is 1. The lowest BCUT2D eigenvalue weighted by atomic mass is 10.0. The minimum Gasteiger partial charge on any atom is -0.354 e. The van der Waals surface area contributed by atoms with Crippen molar-refractivity contribution in [3.63, 3.8) is 0 Å². The Bertz CT molecular complexity index is 431. The molecule has 0 bridgehead atoms. The number of hydrogen-bond donors (Lipinski definition) is 2. The van der Waals surface area contributed by atoms with Crippen LogP contribution < -0.4 is 10.6 Å². The van der Waals surface area contributed by atoms with Gasteiger partial charge in [0.05, 0.1) is 6.04 Å². The smallest absolute Gasteiger partial charge is 0.236 e. The fourth-order valence-electron chi connectivity index (χ4n) is 2.17. The number of carbonyl (C=O) groups is 1. The predicted octanol–water partition coefficient (Wildman–Crippen LogP) is 3.93. The molecule has 0 saturated heterocycles. The van der Waals surface area contributed by atoms with E-state index in [0.29, 0.717) is 12.5 Å². The molecule has 1 aromatic rings. The first-order valence-corrected chi connectivity index (χ1v) is 8.11. The molecule has 1 rings (SSSR count). The molecule has 21 heavy (non-hydrogen) atoms. The van der Waals surface area contributed by atoms with E-state index in [1.807, 2.05) is 31.2 Å². The molecule has 1 amide bonds. The third kappa shape index (κ3) is 6.49. The molecule has 0 aliphatic heterocycles. The van der Waals surface area contributed by atoms with Crippen molar-refractivity contribution >= 4 is 17.5 Å². The molecular weight excluding hydrogens is 284 g/mol. The summed E-state index contributed by atoms with van der Waals surface area (Å²) in [5.74, 6) is 0.516. The Morgan fingerprint density at radius 2 is 1.81 bits per heavy atom. The summed E-state index contributed by atoms with van der Waals surface area (Å²) in [5.41, 5.74) is 1.17. The largest absolute Gasteiger partial charge is 0.354 e. The van der Waals surface area contributed by atoms with Crippen LogP contribution in [0.5, 0.6) is 0 Å². The maximum atomic E-state index is 12.1. The molecule has 0 fully saturated rings. The van der Waals surface area contributed by atoms with Gasteiger partial charge in [-0.05, 0) is 37.0 Å². The van der Waals surface area contributed by atoms with Crippen LogP contribution >= 0.6 is 11.6 Å². The maximum absolute atomic E-state index is 12.1. The van der Waals surface area contributed by atoms with Gasteiger partial charge in [0.1, 0.15) is 0 Å². The third-order valence-electron chi connectivity index (χ3n) is 3.38. The quantitative estimate of drug-likeness (QED) is 0.764. The molecule has 4 heteroatoms. The van der Waals surface area contributed by atoms with Crippen LogP contribution in [0, 0.1) is 5.92 Å². The molecule has 1 aromatic carbocycles. The molecule has 118 valence electrons. The number of benzene rings is 1. The van der Waals surface area contributed by atoms with Crippen LogP contribution in [0.25, 0.3) is 0 Å². The lowest BCUT2D eigenvalue weighted by molar-refractivity contribution is -0.123. The topological polar surface area (TPSA) is 41.1 Å². The number of nitrogens with one attached hydrogen (secondary N) is 2. The zero-order valence-corrected chi connectivity index (χ0v) is 14.2. The van der Waals surface area contributed by atoms with Crippen molar-refractivity contribution < 1.29 is 4.79 Å². The van der Waals surface area contributed by atoms with E-state index in [2.05, 4.69) is 31.4 Å². The molecule has 2 N–H and O–H groups in total.